The van der Waals surface area contributed by atoms with E-state index in [-0.39, 0.29) is 36.7 Å². The van der Waals surface area contributed by atoms with Crippen molar-refractivity contribution in [3.05, 3.63) is 12.4 Å². The minimum absolute atomic E-state index is 0.0555. The molecule has 0 saturated heterocycles. The highest BCUT2D eigenvalue weighted by atomic mass is 16.2. The summed E-state index contributed by atoms with van der Waals surface area (Å²) in [6.45, 7) is 5.80. The number of carbonyl (C=O) groups is 3. The minimum Gasteiger partial charge on any atom is -0.352 e. The molecule has 1 aliphatic carbocycles. The van der Waals surface area contributed by atoms with Crippen molar-refractivity contribution < 1.29 is 14.4 Å². The number of aromatic nitrogens is 2. The van der Waals surface area contributed by atoms with Gasteiger partial charge in [0.15, 0.2) is 0 Å². The summed E-state index contributed by atoms with van der Waals surface area (Å²) in [5.41, 5.74) is 0.564. The largest absolute Gasteiger partial charge is 0.352 e. The first-order valence-electron chi connectivity index (χ1n) is 10.9. The molecular weight excluding hydrogens is 370 g/mol. The first-order valence-corrected chi connectivity index (χ1v) is 10.9. The lowest BCUT2D eigenvalue weighted by Crippen LogP contribution is -2.35. The Morgan fingerprint density at radius 3 is 2.45 bits per heavy atom. The van der Waals surface area contributed by atoms with E-state index >= 15 is 0 Å². The predicted molar refractivity (Wildman–Crippen MR) is 112 cm³/mol. The Morgan fingerprint density at radius 2 is 1.79 bits per heavy atom. The molecule has 1 saturated carbocycles. The molecule has 0 atom stereocenters. The number of nitrogens with zero attached hydrogens (tertiary/aromatic N) is 3. The fraction of sp³-hybridized carbons (Fsp3) is 0.714. The number of nitrogens with one attached hydrogen (secondary N) is 2. The van der Waals surface area contributed by atoms with E-state index < -0.39 is 0 Å². The van der Waals surface area contributed by atoms with Crippen LogP contribution in [0.5, 0.6) is 0 Å². The number of amides is 3. The molecule has 1 aromatic heterocycles. The Hall–Kier alpha value is -2.38. The fourth-order valence-corrected chi connectivity index (χ4v) is 3.69. The van der Waals surface area contributed by atoms with E-state index in [4.69, 9.17) is 0 Å². The van der Waals surface area contributed by atoms with Gasteiger partial charge in [-0.05, 0) is 32.1 Å². The molecule has 0 spiro atoms. The molecule has 0 radical (unpaired) electrons. The highest BCUT2D eigenvalue weighted by Gasteiger charge is 2.17. The molecule has 2 N–H and O–H groups in total. The Bertz CT molecular complexity index is 661. The van der Waals surface area contributed by atoms with Gasteiger partial charge in [0, 0.05) is 38.2 Å². The molecular formula is C21H35N5O3. The molecule has 8 nitrogen and oxygen atoms in total. The predicted octanol–water partition coefficient (Wildman–Crippen LogP) is 2.70. The molecule has 0 aromatic carbocycles. The molecule has 2 rings (SSSR count). The fourth-order valence-electron chi connectivity index (χ4n) is 3.69. The molecule has 1 heterocycles. The van der Waals surface area contributed by atoms with Crippen LogP contribution in [0.25, 0.3) is 0 Å². The smallest absolute Gasteiger partial charge is 0.241 e. The number of rotatable bonds is 12. The summed E-state index contributed by atoms with van der Waals surface area (Å²) < 4.78 is 1.52. The van der Waals surface area contributed by atoms with Crippen LogP contribution in [0.1, 0.15) is 71.6 Å². The molecule has 29 heavy (non-hydrogen) atoms. The monoisotopic (exact) mass is 405 g/mol. The first-order chi connectivity index (χ1) is 14.0. The van der Waals surface area contributed by atoms with Gasteiger partial charge in [0.05, 0.1) is 11.9 Å². The summed E-state index contributed by atoms with van der Waals surface area (Å²) in [4.78, 5) is 38.3. The lowest BCUT2D eigenvalue weighted by atomic mass is 10.2. The van der Waals surface area contributed by atoms with Gasteiger partial charge in [0.2, 0.25) is 17.7 Å². The maximum absolute atomic E-state index is 12.2. The van der Waals surface area contributed by atoms with Gasteiger partial charge in [-0.15, -0.1) is 0 Å². The standard InChI is InChI=1S/C21H35N5O3/c1-3-12-25(13-4-2)21(29)11-7-10-19(27)24-18-14-22-26(15-18)16-20(28)23-17-8-5-6-9-17/h14-15,17H,3-13,16H2,1-2H3,(H,23,28)(H,24,27). The van der Waals surface area contributed by atoms with Crippen molar-refractivity contribution in [3.63, 3.8) is 0 Å². The summed E-state index contributed by atoms with van der Waals surface area (Å²) in [6, 6.07) is 0.283. The Balaban J connectivity index is 1.68. The van der Waals surface area contributed by atoms with E-state index in [9.17, 15) is 14.4 Å². The Morgan fingerprint density at radius 1 is 1.10 bits per heavy atom. The summed E-state index contributed by atoms with van der Waals surface area (Å²) in [6.07, 6.45) is 10.7. The average molecular weight is 406 g/mol. The van der Waals surface area contributed by atoms with Crippen molar-refractivity contribution in [1.82, 2.24) is 20.0 Å². The lowest BCUT2D eigenvalue weighted by molar-refractivity contribution is -0.131. The minimum atomic E-state index is -0.148. The first kappa shape index (κ1) is 22.9. The third-order valence-corrected chi connectivity index (χ3v) is 5.08. The highest BCUT2D eigenvalue weighted by Crippen LogP contribution is 2.17. The van der Waals surface area contributed by atoms with Crippen LogP contribution in [0.4, 0.5) is 5.69 Å². The van der Waals surface area contributed by atoms with Gasteiger partial charge in [-0.3, -0.25) is 19.1 Å². The maximum Gasteiger partial charge on any atom is 0.241 e. The topological polar surface area (TPSA) is 96.3 Å². The normalized spacial score (nSPS) is 14.0. The molecule has 0 bridgehead atoms. The summed E-state index contributed by atoms with van der Waals surface area (Å²) in [5.74, 6) is -0.0898. The van der Waals surface area contributed by atoms with E-state index in [1.807, 2.05) is 4.90 Å². The molecule has 1 aromatic rings. The van der Waals surface area contributed by atoms with Crippen molar-refractivity contribution in [2.75, 3.05) is 18.4 Å². The SMILES string of the molecule is CCCN(CCC)C(=O)CCCC(=O)Nc1cnn(CC(=O)NC2CCCC2)c1. The van der Waals surface area contributed by atoms with Gasteiger partial charge in [-0.25, -0.2) is 0 Å². The van der Waals surface area contributed by atoms with Crippen molar-refractivity contribution in [2.45, 2.75) is 84.2 Å². The van der Waals surface area contributed by atoms with Crippen LogP contribution in [-0.2, 0) is 20.9 Å². The van der Waals surface area contributed by atoms with Gasteiger partial charge in [-0.1, -0.05) is 26.7 Å². The van der Waals surface area contributed by atoms with Crippen molar-refractivity contribution in [1.29, 1.82) is 0 Å². The van der Waals surface area contributed by atoms with Gasteiger partial charge < -0.3 is 15.5 Å². The third kappa shape index (κ3) is 8.25. The van der Waals surface area contributed by atoms with Gasteiger partial charge in [0.1, 0.15) is 6.54 Å². The molecule has 8 heteroatoms. The average Bonchev–Trinajstić information content (AvgIpc) is 3.33. The van der Waals surface area contributed by atoms with Crippen LogP contribution < -0.4 is 10.6 Å². The van der Waals surface area contributed by atoms with Gasteiger partial charge in [0.25, 0.3) is 0 Å². The summed E-state index contributed by atoms with van der Waals surface area (Å²) in [7, 11) is 0. The van der Waals surface area contributed by atoms with E-state index in [1.54, 1.807) is 6.20 Å². The van der Waals surface area contributed by atoms with Crippen molar-refractivity contribution >= 4 is 23.4 Å². The zero-order valence-corrected chi connectivity index (χ0v) is 17.8. The van der Waals surface area contributed by atoms with Crippen LogP contribution in [-0.4, -0.2) is 51.5 Å². The summed E-state index contributed by atoms with van der Waals surface area (Å²) in [5, 5.41) is 9.94. The Kier molecular flexibility index (Phi) is 9.67. The quantitative estimate of drug-likeness (QED) is 0.559. The number of anilines is 1. The molecule has 162 valence electrons. The van der Waals surface area contributed by atoms with Crippen LogP contribution >= 0.6 is 0 Å². The molecule has 1 fully saturated rings. The van der Waals surface area contributed by atoms with Crippen molar-refractivity contribution in [2.24, 2.45) is 0 Å². The number of hydrogen-bond donors (Lipinski definition) is 2. The maximum atomic E-state index is 12.2. The zero-order valence-electron chi connectivity index (χ0n) is 17.8. The van der Waals surface area contributed by atoms with Crippen LogP contribution in [0.2, 0.25) is 0 Å². The van der Waals surface area contributed by atoms with Crippen molar-refractivity contribution in [3.8, 4) is 0 Å². The molecule has 0 unspecified atom stereocenters. The second-order valence-electron chi connectivity index (χ2n) is 7.76. The van der Waals surface area contributed by atoms with E-state index in [1.165, 1.54) is 23.7 Å². The highest BCUT2D eigenvalue weighted by molar-refractivity contribution is 5.90. The van der Waals surface area contributed by atoms with Gasteiger partial charge in [-0.2, -0.15) is 5.10 Å². The second kappa shape index (κ2) is 12.2. The third-order valence-electron chi connectivity index (χ3n) is 5.08. The van der Waals surface area contributed by atoms with E-state index in [2.05, 4.69) is 29.6 Å². The van der Waals surface area contributed by atoms with Crippen LogP contribution in [0.15, 0.2) is 12.4 Å². The zero-order chi connectivity index (χ0) is 21.1. The second-order valence-corrected chi connectivity index (χ2v) is 7.76. The van der Waals surface area contributed by atoms with E-state index in [0.29, 0.717) is 18.5 Å². The molecule has 3 amide bonds. The number of carbonyl (C=O) groups excluding carboxylic acids is 3. The van der Waals surface area contributed by atoms with Crippen LogP contribution in [0.3, 0.4) is 0 Å². The molecule has 0 aliphatic heterocycles. The van der Waals surface area contributed by atoms with Gasteiger partial charge >= 0.3 is 0 Å². The van der Waals surface area contributed by atoms with E-state index in [0.717, 1.165) is 38.8 Å². The number of hydrogen-bond acceptors (Lipinski definition) is 4. The Labute approximate surface area is 173 Å². The molecule has 1 aliphatic rings. The van der Waals surface area contributed by atoms with Crippen LogP contribution in [0, 0.1) is 0 Å². The lowest BCUT2D eigenvalue weighted by Gasteiger charge is -2.21. The summed E-state index contributed by atoms with van der Waals surface area (Å²) >= 11 is 0.